The quantitative estimate of drug-likeness (QED) is 0.843. The molecule has 2 rings (SSSR count). The van der Waals surface area contributed by atoms with Crippen molar-refractivity contribution in [2.24, 2.45) is 0 Å². The smallest absolute Gasteiger partial charge is 0.217 e. The average Bonchev–Trinajstić information content (AvgIpc) is 2.80. The summed E-state index contributed by atoms with van der Waals surface area (Å²) in [6.45, 7) is 2.03. The van der Waals surface area contributed by atoms with Gasteiger partial charge in [-0.2, -0.15) is 5.10 Å². The molecule has 0 saturated carbocycles. The van der Waals surface area contributed by atoms with Crippen molar-refractivity contribution in [2.75, 3.05) is 0 Å². The predicted octanol–water partition coefficient (Wildman–Crippen LogP) is 1.51. The molecule has 0 fully saturated rings. The zero-order chi connectivity index (χ0) is 11.4. The summed E-state index contributed by atoms with van der Waals surface area (Å²) in [6.07, 6.45) is 3.61. The molecular formula is C12H13N3O. The number of amides is 1. The van der Waals surface area contributed by atoms with E-state index < -0.39 is 0 Å². The highest BCUT2D eigenvalue weighted by molar-refractivity contribution is 5.72. The molecule has 0 aliphatic carbocycles. The molecule has 4 nitrogen and oxygen atoms in total. The molecule has 1 N–H and O–H groups in total. The maximum Gasteiger partial charge on any atom is 0.217 e. The minimum absolute atomic E-state index is 0.0322. The van der Waals surface area contributed by atoms with Crippen LogP contribution in [-0.4, -0.2) is 15.7 Å². The van der Waals surface area contributed by atoms with Crippen molar-refractivity contribution < 1.29 is 4.79 Å². The van der Waals surface area contributed by atoms with Crippen molar-refractivity contribution in [3.63, 3.8) is 0 Å². The average molecular weight is 215 g/mol. The van der Waals surface area contributed by atoms with Crippen LogP contribution in [0.15, 0.2) is 42.7 Å². The summed E-state index contributed by atoms with van der Waals surface area (Å²) in [5, 5.41) is 6.96. The van der Waals surface area contributed by atoms with E-state index in [9.17, 15) is 4.79 Å². The number of aromatic nitrogens is 2. The summed E-state index contributed by atoms with van der Waals surface area (Å²) in [6, 6.07) is 9.73. The standard InChI is InChI=1S/C12H13N3O/c1-10(16)13-9-11-5-2-3-6-12(11)15-8-4-7-14-15/h2-8H,9H2,1H3,(H,13,16). The Morgan fingerprint density at radius 1 is 1.38 bits per heavy atom. The minimum atomic E-state index is -0.0322. The molecule has 1 heterocycles. The van der Waals surface area contributed by atoms with Crippen molar-refractivity contribution in [3.8, 4) is 5.69 Å². The van der Waals surface area contributed by atoms with Crippen molar-refractivity contribution in [1.29, 1.82) is 0 Å². The molecule has 1 aromatic carbocycles. The van der Waals surface area contributed by atoms with E-state index in [0.29, 0.717) is 6.54 Å². The van der Waals surface area contributed by atoms with Crippen LogP contribution in [0.25, 0.3) is 5.69 Å². The molecule has 0 atom stereocenters. The van der Waals surface area contributed by atoms with Crippen LogP contribution in [0.2, 0.25) is 0 Å². The van der Waals surface area contributed by atoms with Crippen LogP contribution < -0.4 is 5.32 Å². The normalized spacial score (nSPS) is 10.1. The first-order chi connectivity index (χ1) is 7.77. The van der Waals surface area contributed by atoms with Crippen LogP contribution in [0.5, 0.6) is 0 Å². The van der Waals surface area contributed by atoms with Gasteiger partial charge in [0, 0.05) is 25.9 Å². The van der Waals surface area contributed by atoms with E-state index in [1.165, 1.54) is 6.92 Å². The van der Waals surface area contributed by atoms with Crippen LogP contribution >= 0.6 is 0 Å². The molecule has 2 aromatic rings. The summed E-state index contributed by atoms with van der Waals surface area (Å²) < 4.78 is 1.79. The SMILES string of the molecule is CC(=O)NCc1ccccc1-n1cccn1. The summed E-state index contributed by atoms with van der Waals surface area (Å²) in [5.41, 5.74) is 2.03. The fourth-order valence-corrected chi connectivity index (χ4v) is 1.51. The Balaban J connectivity index is 2.27. The Bertz CT molecular complexity index is 477. The summed E-state index contributed by atoms with van der Waals surface area (Å²) in [4.78, 5) is 10.9. The number of rotatable bonds is 3. The van der Waals surface area contributed by atoms with Gasteiger partial charge in [-0.3, -0.25) is 4.79 Å². The van der Waals surface area contributed by atoms with Crippen LogP contribution in [0.1, 0.15) is 12.5 Å². The molecule has 0 spiro atoms. The second-order valence-electron chi connectivity index (χ2n) is 3.49. The van der Waals surface area contributed by atoms with E-state index in [1.54, 1.807) is 10.9 Å². The molecule has 0 aliphatic rings. The van der Waals surface area contributed by atoms with Crippen LogP contribution in [0.3, 0.4) is 0 Å². The topological polar surface area (TPSA) is 46.9 Å². The Morgan fingerprint density at radius 3 is 2.88 bits per heavy atom. The van der Waals surface area contributed by atoms with Crippen molar-refractivity contribution >= 4 is 5.91 Å². The van der Waals surface area contributed by atoms with Crippen molar-refractivity contribution in [1.82, 2.24) is 15.1 Å². The fraction of sp³-hybridized carbons (Fsp3) is 0.167. The van der Waals surface area contributed by atoms with Gasteiger partial charge < -0.3 is 5.32 Å². The first-order valence-corrected chi connectivity index (χ1v) is 5.10. The first-order valence-electron chi connectivity index (χ1n) is 5.10. The Kier molecular flexibility index (Phi) is 3.00. The van der Waals surface area contributed by atoms with E-state index in [1.807, 2.05) is 36.5 Å². The lowest BCUT2D eigenvalue weighted by Gasteiger charge is -2.09. The number of nitrogens with zero attached hydrogens (tertiary/aromatic N) is 2. The van der Waals surface area contributed by atoms with Gasteiger partial charge in [0.2, 0.25) is 5.91 Å². The maximum absolute atomic E-state index is 10.9. The fourth-order valence-electron chi connectivity index (χ4n) is 1.51. The minimum Gasteiger partial charge on any atom is -0.352 e. The number of benzene rings is 1. The third-order valence-corrected chi connectivity index (χ3v) is 2.27. The third kappa shape index (κ3) is 2.28. The van der Waals surface area contributed by atoms with E-state index in [-0.39, 0.29) is 5.91 Å². The van der Waals surface area contributed by atoms with Crippen molar-refractivity contribution in [3.05, 3.63) is 48.3 Å². The monoisotopic (exact) mass is 215 g/mol. The molecule has 0 saturated heterocycles. The lowest BCUT2D eigenvalue weighted by atomic mass is 10.2. The van der Waals surface area contributed by atoms with Gasteiger partial charge in [-0.15, -0.1) is 0 Å². The van der Waals surface area contributed by atoms with Gasteiger partial charge >= 0.3 is 0 Å². The summed E-state index contributed by atoms with van der Waals surface area (Å²) in [5.74, 6) is -0.0322. The molecule has 1 aromatic heterocycles. The molecule has 0 aliphatic heterocycles. The molecule has 16 heavy (non-hydrogen) atoms. The zero-order valence-corrected chi connectivity index (χ0v) is 9.05. The van der Waals surface area contributed by atoms with E-state index >= 15 is 0 Å². The molecule has 4 heteroatoms. The maximum atomic E-state index is 10.9. The Hall–Kier alpha value is -2.10. The first kappa shape index (κ1) is 10.4. The van der Waals surface area contributed by atoms with Crippen molar-refractivity contribution in [2.45, 2.75) is 13.5 Å². The van der Waals surface area contributed by atoms with Gasteiger partial charge in [0.05, 0.1) is 5.69 Å². The third-order valence-electron chi connectivity index (χ3n) is 2.27. The largest absolute Gasteiger partial charge is 0.352 e. The van der Waals surface area contributed by atoms with Gasteiger partial charge in [0.1, 0.15) is 0 Å². The summed E-state index contributed by atoms with van der Waals surface area (Å²) >= 11 is 0. The number of carbonyl (C=O) groups is 1. The lowest BCUT2D eigenvalue weighted by molar-refractivity contribution is -0.119. The van der Waals surface area contributed by atoms with Gasteiger partial charge in [0.15, 0.2) is 0 Å². The molecule has 82 valence electrons. The van der Waals surface area contributed by atoms with Crippen LogP contribution in [0.4, 0.5) is 0 Å². The molecule has 0 radical (unpaired) electrons. The Labute approximate surface area is 93.9 Å². The highest BCUT2D eigenvalue weighted by Crippen LogP contribution is 2.12. The highest BCUT2D eigenvalue weighted by atomic mass is 16.1. The second kappa shape index (κ2) is 4.61. The number of carbonyl (C=O) groups excluding carboxylic acids is 1. The molecule has 0 unspecified atom stereocenters. The molecule has 1 amide bonds. The van der Waals surface area contributed by atoms with Gasteiger partial charge in [-0.25, -0.2) is 4.68 Å². The second-order valence-corrected chi connectivity index (χ2v) is 3.49. The molecular weight excluding hydrogens is 202 g/mol. The van der Waals surface area contributed by atoms with Gasteiger partial charge in [-0.05, 0) is 17.7 Å². The highest BCUT2D eigenvalue weighted by Gasteiger charge is 2.03. The van der Waals surface area contributed by atoms with Crippen LogP contribution in [0, 0.1) is 0 Å². The number of hydrogen-bond acceptors (Lipinski definition) is 2. The number of hydrogen-bond donors (Lipinski definition) is 1. The summed E-state index contributed by atoms with van der Waals surface area (Å²) in [7, 11) is 0. The van der Waals surface area contributed by atoms with Crippen LogP contribution in [-0.2, 0) is 11.3 Å². The van der Waals surface area contributed by atoms with Gasteiger partial charge in [0.25, 0.3) is 0 Å². The van der Waals surface area contributed by atoms with E-state index in [0.717, 1.165) is 11.3 Å². The zero-order valence-electron chi connectivity index (χ0n) is 9.05. The van der Waals surface area contributed by atoms with E-state index in [4.69, 9.17) is 0 Å². The number of nitrogens with one attached hydrogen (secondary N) is 1. The van der Waals surface area contributed by atoms with Gasteiger partial charge in [-0.1, -0.05) is 18.2 Å². The number of para-hydroxylation sites is 1. The lowest BCUT2D eigenvalue weighted by Crippen LogP contribution is -2.20. The predicted molar refractivity (Wildman–Crippen MR) is 61.1 cm³/mol. The van der Waals surface area contributed by atoms with E-state index in [2.05, 4.69) is 10.4 Å². The Morgan fingerprint density at radius 2 is 2.19 bits per heavy atom. The molecule has 0 bridgehead atoms.